The largest absolute Gasteiger partial charge is 0.271 e. The van der Waals surface area contributed by atoms with Crippen LogP contribution in [0.3, 0.4) is 0 Å². The highest BCUT2D eigenvalue weighted by molar-refractivity contribution is 7.19. The Labute approximate surface area is 107 Å². The molecule has 1 aromatic carbocycles. The number of hydrazine groups is 1. The molecule has 0 spiro atoms. The molecule has 0 radical (unpaired) electrons. The lowest BCUT2D eigenvalue weighted by Crippen LogP contribution is -2.27. The van der Waals surface area contributed by atoms with Crippen molar-refractivity contribution in [3.8, 4) is 0 Å². The van der Waals surface area contributed by atoms with Gasteiger partial charge in [-0.05, 0) is 36.3 Å². The lowest BCUT2D eigenvalue weighted by Gasteiger charge is -2.15. The predicted octanol–water partition coefficient (Wildman–Crippen LogP) is 3.84. The second-order valence-electron chi connectivity index (χ2n) is 4.88. The van der Waals surface area contributed by atoms with Gasteiger partial charge in [-0.25, -0.2) is 0 Å². The molecule has 0 aliphatic carbocycles. The Kier molecular flexibility index (Phi) is 4.15. The molecule has 3 heteroatoms. The van der Waals surface area contributed by atoms with Crippen LogP contribution in [-0.2, 0) is 0 Å². The van der Waals surface area contributed by atoms with Gasteiger partial charge in [0.1, 0.15) is 0 Å². The van der Waals surface area contributed by atoms with E-state index in [9.17, 15) is 0 Å². The van der Waals surface area contributed by atoms with Crippen molar-refractivity contribution in [3.63, 3.8) is 0 Å². The smallest absolute Gasteiger partial charge is 0.0553 e. The van der Waals surface area contributed by atoms with Crippen LogP contribution in [0.1, 0.15) is 37.6 Å². The van der Waals surface area contributed by atoms with Crippen LogP contribution in [-0.4, -0.2) is 0 Å². The molecule has 17 heavy (non-hydrogen) atoms. The first-order chi connectivity index (χ1) is 8.20. The van der Waals surface area contributed by atoms with Crippen molar-refractivity contribution in [2.75, 3.05) is 0 Å². The zero-order chi connectivity index (χ0) is 12.3. The van der Waals surface area contributed by atoms with Crippen molar-refractivity contribution < 1.29 is 0 Å². The fourth-order valence-corrected chi connectivity index (χ4v) is 3.14. The van der Waals surface area contributed by atoms with Crippen LogP contribution in [0, 0.1) is 5.92 Å². The van der Waals surface area contributed by atoms with E-state index < -0.39 is 0 Å². The van der Waals surface area contributed by atoms with E-state index in [1.807, 2.05) is 11.3 Å². The summed E-state index contributed by atoms with van der Waals surface area (Å²) in [5, 5.41) is 1.32. The monoisotopic (exact) mass is 248 g/mol. The number of hydrogen-bond donors (Lipinski definition) is 2. The molecular weight excluding hydrogens is 228 g/mol. The molecule has 92 valence electrons. The van der Waals surface area contributed by atoms with Gasteiger partial charge < -0.3 is 0 Å². The van der Waals surface area contributed by atoms with Gasteiger partial charge in [0.15, 0.2) is 0 Å². The quantitative estimate of drug-likeness (QED) is 0.623. The van der Waals surface area contributed by atoms with Crippen LogP contribution >= 0.6 is 11.3 Å². The van der Waals surface area contributed by atoms with Gasteiger partial charge in [0.25, 0.3) is 0 Å². The van der Waals surface area contributed by atoms with E-state index in [1.165, 1.54) is 21.4 Å². The summed E-state index contributed by atoms with van der Waals surface area (Å²) in [5.74, 6) is 6.39. The maximum atomic E-state index is 5.67. The molecule has 0 bridgehead atoms. The Balaban J connectivity index is 2.18. The summed E-state index contributed by atoms with van der Waals surface area (Å²) < 4.78 is 1.34. The van der Waals surface area contributed by atoms with Gasteiger partial charge in [0.2, 0.25) is 0 Å². The molecule has 1 aromatic heterocycles. The molecule has 3 N–H and O–H groups in total. The lowest BCUT2D eigenvalue weighted by atomic mass is 10.0. The number of nitrogens with two attached hydrogens (primary N) is 1. The highest BCUT2D eigenvalue weighted by Crippen LogP contribution is 2.31. The van der Waals surface area contributed by atoms with Gasteiger partial charge >= 0.3 is 0 Å². The van der Waals surface area contributed by atoms with Crippen LogP contribution < -0.4 is 11.3 Å². The van der Waals surface area contributed by atoms with Gasteiger partial charge in [-0.15, -0.1) is 11.3 Å². The number of benzene rings is 1. The third-order valence-corrected chi connectivity index (χ3v) is 4.25. The summed E-state index contributed by atoms with van der Waals surface area (Å²) in [7, 11) is 0. The van der Waals surface area contributed by atoms with E-state index in [0.29, 0.717) is 0 Å². The normalized spacial score (nSPS) is 13.4. The number of thiophene rings is 1. The number of fused-ring (bicyclic) bond motifs is 1. The van der Waals surface area contributed by atoms with Crippen molar-refractivity contribution in [2.45, 2.75) is 32.7 Å². The Morgan fingerprint density at radius 3 is 2.65 bits per heavy atom. The third-order valence-electron chi connectivity index (χ3n) is 3.02. The van der Waals surface area contributed by atoms with E-state index in [4.69, 9.17) is 5.84 Å². The minimum Gasteiger partial charge on any atom is -0.271 e. The summed E-state index contributed by atoms with van der Waals surface area (Å²) >= 11 is 1.84. The SMILES string of the molecule is CC(C)CCC(NN)c1cc2ccccc2s1. The maximum Gasteiger partial charge on any atom is 0.0553 e. The van der Waals surface area contributed by atoms with Gasteiger partial charge in [-0.2, -0.15) is 0 Å². The fraction of sp³-hybridized carbons (Fsp3) is 0.429. The molecule has 1 heterocycles. The molecule has 0 fully saturated rings. The highest BCUT2D eigenvalue weighted by atomic mass is 32.1. The molecule has 0 aliphatic rings. The first-order valence-corrected chi connectivity index (χ1v) is 6.97. The first-order valence-electron chi connectivity index (χ1n) is 6.15. The van der Waals surface area contributed by atoms with Crippen molar-refractivity contribution in [1.29, 1.82) is 0 Å². The zero-order valence-electron chi connectivity index (χ0n) is 10.4. The topological polar surface area (TPSA) is 38.0 Å². The van der Waals surface area contributed by atoms with E-state index in [-0.39, 0.29) is 6.04 Å². The molecule has 0 amide bonds. The minimum absolute atomic E-state index is 0.287. The van der Waals surface area contributed by atoms with E-state index >= 15 is 0 Å². The van der Waals surface area contributed by atoms with E-state index in [1.54, 1.807) is 0 Å². The van der Waals surface area contributed by atoms with Crippen molar-refractivity contribution >= 4 is 21.4 Å². The first kappa shape index (κ1) is 12.6. The van der Waals surface area contributed by atoms with E-state index in [0.717, 1.165) is 12.3 Å². The Morgan fingerprint density at radius 2 is 2.00 bits per heavy atom. The molecule has 0 aliphatic heterocycles. The van der Waals surface area contributed by atoms with Crippen LogP contribution in [0.4, 0.5) is 0 Å². The molecular formula is C14H20N2S. The summed E-state index contributed by atoms with van der Waals surface area (Å²) in [6.07, 6.45) is 2.30. The summed E-state index contributed by atoms with van der Waals surface area (Å²) in [4.78, 5) is 1.34. The molecule has 2 rings (SSSR count). The number of hydrogen-bond acceptors (Lipinski definition) is 3. The van der Waals surface area contributed by atoms with Gasteiger partial charge in [0.05, 0.1) is 6.04 Å². The average molecular weight is 248 g/mol. The Bertz CT molecular complexity index is 443. The van der Waals surface area contributed by atoms with Crippen molar-refractivity contribution in [1.82, 2.24) is 5.43 Å². The minimum atomic E-state index is 0.287. The molecule has 2 aromatic rings. The van der Waals surface area contributed by atoms with Crippen LogP contribution in [0.5, 0.6) is 0 Å². The number of nitrogens with one attached hydrogen (secondary N) is 1. The average Bonchev–Trinajstić information content (AvgIpc) is 2.72. The van der Waals surface area contributed by atoms with Gasteiger partial charge in [-0.3, -0.25) is 11.3 Å². The van der Waals surface area contributed by atoms with Gasteiger partial charge in [-0.1, -0.05) is 32.0 Å². The predicted molar refractivity (Wildman–Crippen MR) is 76.0 cm³/mol. The van der Waals surface area contributed by atoms with Crippen molar-refractivity contribution in [2.24, 2.45) is 11.8 Å². The standard InChI is InChI=1S/C14H20N2S/c1-10(2)7-8-12(16-15)14-9-11-5-3-4-6-13(11)17-14/h3-6,9-10,12,16H,7-8,15H2,1-2H3. The van der Waals surface area contributed by atoms with Gasteiger partial charge in [0, 0.05) is 9.58 Å². The second kappa shape index (κ2) is 5.63. The molecule has 2 nitrogen and oxygen atoms in total. The molecule has 0 saturated heterocycles. The third kappa shape index (κ3) is 3.06. The Morgan fingerprint density at radius 1 is 1.24 bits per heavy atom. The van der Waals surface area contributed by atoms with Crippen molar-refractivity contribution in [3.05, 3.63) is 35.2 Å². The zero-order valence-corrected chi connectivity index (χ0v) is 11.3. The summed E-state index contributed by atoms with van der Waals surface area (Å²) in [6, 6.07) is 11.0. The number of rotatable bonds is 5. The Hall–Kier alpha value is -0.900. The summed E-state index contributed by atoms with van der Waals surface area (Å²) in [5.41, 5.74) is 2.95. The molecule has 1 atom stereocenters. The second-order valence-corrected chi connectivity index (χ2v) is 5.99. The molecule has 0 saturated carbocycles. The lowest BCUT2D eigenvalue weighted by molar-refractivity contribution is 0.453. The maximum absolute atomic E-state index is 5.67. The fourth-order valence-electron chi connectivity index (χ4n) is 1.98. The molecule has 1 unspecified atom stereocenters. The van der Waals surface area contributed by atoms with Crippen LogP contribution in [0.25, 0.3) is 10.1 Å². The van der Waals surface area contributed by atoms with Crippen LogP contribution in [0.2, 0.25) is 0 Å². The summed E-state index contributed by atoms with van der Waals surface area (Å²) in [6.45, 7) is 4.50. The highest BCUT2D eigenvalue weighted by Gasteiger charge is 2.13. The van der Waals surface area contributed by atoms with Crippen LogP contribution in [0.15, 0.2) is 30.3 Å². The van der Waals surface area contributed by atoms with E-state index in [2.05, 4.69) is 49.6 Å².